The fourth-order valence-corrected chi connectivity index (χ4v) is 2.56. The lowest BCUT2D eigenvalue weighted by Crippen LogP contribution is -2.39. The summed E-state index contributed by atoms with van der Waals surface area (Å²) in [5.74, 6) is -0.449. The molecule has 5 heteroatoms. The third-order valence-corrected chi connectivity index (χ3v) is 3.84. The van der Waals surface area contributed by atoms with Gasteiger partial charge in [0.25, 0.3) is 0 Å². The highest BCUT2D eigenvalue weighted by Gasteiger charge is 2.41. The van der Waals surface area contributed by atoms with E-state index in [9.17, 15) is 9.59 Å². The van der Waals surface area contributed by atoms with Gasteiger partial charge in [0, 0.05) is 18.5 Å². The smallest absolute Gasteiger partial charge is 0.312 e. The number of Topliss-reactive ketones (excluding diaryl/α,β-unsaturated/α-hetero) is 1. The van der Waals surface area contributed by atoms with Crippen molar-refractivity contribution >= 4 is 17.5 Å². The molecule has 0 spiro atoms. The molecule has 1 unspecified atom stereocenters. The fraction of sp³-hybridized carbons (Fsp3) is 0.737. The highest BCUT2D eigenvalue weighted by Crippen LogP contribution is 2.39. The molecule has 5 nitrogen and oxygen atoms in total. The predicted octanol–water partition coefficient (Wildman–Crippen LogP) is 4.15. The molecule has 0 saturated carbocycles. The predicted molar refractivity (Wildman–Crippen MR) is 98.0 cm³/mol. The molecule has 0 bridgehead atoms. The van der Waals surface area contributed by atoms with Gasteiger partial charge in [-0.3, -0.25) is 15.0 Å². The standard InChI is InChI=1S/C17H28N2O3.C2H6/c1-6-7-13(20)14(19)11-8-9-17(5,10-12(11)18)15(21)22-16(2,3)4;1-2/h19H,6-10,18H2,1-5H3;1-2H3. The van der Waals surface area contributed by atoms with Crippen LogP contribution in [0.3, 0.4) is 0 Å². The number of nitrogens with one attached hydrogen (secondary N) is 1. The summed E-state index contributed by atoms with van der Waals surface area (Å²) in [7, 11) is 0. The third-order valence-electron chi connectivity index (χ3n) is 3.84. The lowest BCUT2D eigenvalue weighted by Gasteiger charge is -2.35. The van der Waals surface area contributed by atoms with E-state index < -0.39 is 11.0 Å². The van der Waals surface area contributed by atoms with Crippen molar-refractivity contribution in [3.05, 3.63) is 11.3 Å². The van der Waals surface area contributed by atoms with Gasteiger partial charge in [0.2, 0.25) is 0 Å². The molecule has 0 saturated heterocycles. The molecule has 0 aromatic heterocycles. The molecule has 1 rings (SSSR count). The Kier molecular flexibility index (Phi) is 8.38. The van der Waals surface area contributed by atoms with E-state index >= 15 is 0 Å². The van der Waals surface area contributed by atoms with Gasteiger partial charge >= 0.3 is 5.97 Å². The molecule has 24 heavy (non-hydrogen) atoms. The van der Waals surface area contributed by atoms with E-state index in [1.165, 1.54) is 0 Å². The van der Waals surface area contributed by atoms with E-state index in [2.05, 4.69) is 0 Å². The zero-order chi connectivity index (χ0) is 19.1. The van der Waals surface area contributed by atoms with Gasteiger partial charge in [0.05, 0.1) is 5.41 Å². The van der Waals surface area contributed by atoms with Crippen LogP contribution in [0.1, 0.15) is 80.6 Å². The molecule has 0 aromatic carbocycles. The molecule has 0 aliphatic heterocycles. The van der Waals surface area contributed by atoms with Gasteiger partial charge in [-0.2, -0.15) is 0 Å². The summed E-state index contributed by atoms with van der Waals surface area (Å²) in [6.45, 7) is 13.2. The van der Waals surface area contributed by atoms with E-state index in [-0.39, 0.29) is 17.5 Å². The van der Waals surface area contributed by atoms with Crippen LogP contribution in [0.15, 0.2) is 11.3 Å². The number of ketones is 1. The monoisotopic (exact) mass is 338 g/mol. The van der Waals surface area contributed by atoms with Crippen molar-refractivity contribution in [2.45, 2.75) is 86.2 Å². The Morgan fingerprint density at radius 3 is 2.25 bits per heavy atom. The minimum absolute atomic E-state index is 0.00517. The maximum Gasteiger partial charge on any atom is 0.312 e. The van der Waals surface area contributed by atoms with E-state index in [1.807, 2.05) is 48.5 Å². The molecule has 0 amide bonds. The number of nitrogens with two attached hydrogens (primary N) is 1. The SMILES string of the molecule is CC.CCCC(=O)C(=N)C1=C(N)CC(C)(C(=O)OC(C)(C)C)CC1. The van der Waals surface area contributed by atoms with Gasteiger partial charge in [-0.05, 0) is 52.5 Å². The summed E-state index contributed by atoms with van der Waals surface area (Å²) in [4.78, 5) is 24.2. The number of hydrogen-bond donors (Lipinski definition) is 2. The number of esters is 1. The van der Waals surface area contributed by atoms with Crippen LogP contribution in [0.25, 0.3) is 0 Å². The van der Waals surface area contributed by atoms with Crippen LogP contribution < -0.4 is 5.73 Å². The highest BCUT2D eigenvalue weighted by molar-refractivity contribution is 6.45. The maximum absolute atomic E-state index is 12.4. The number of carbonyl (C=O) groups excluding carboxylic acids is 2. The zero-order valence-electron chi connectivity index (χ0n) is 16.3. The van der Waals surface area contributed by atoms with Gasteiger partial charge in [-0.1, -0.05) is 20.8 Å². The van der Waals surface area contributed by atoms with Crippen LogP contribution >= 0.6 is 0 Å². The molecule has 1 aliphatic carbocycles. The summed E-state index contributed by atoms with van der Waals surface area (Å²) in [5, 5.41) is 8.00. The Hall–Kier alpha value is -1.65. The summed E-state index contributed by atoms with van der Waals surface area (Å²) < 4.78 is 5.47. The van der Waals surface area contributed by atoms with Crippen LogP contribution in [0.5, 0.6) is 0 Å². The molecule has 0 heterocycles. The Bertz CT molecular complexity index is 515. The number of rotatable bonds is 5. The molecule has 1 aliphatic rings. The quantitative estimate of drug-likeness (QED) is 0.582. The first kappa shape index (κ1) is 22.4. The van der Waals surface area contributed by atoms with Crippen molar-refractivity contribution < 1.29 is 14.3 Å². The fourth-order valence-electron chi connectivity index (χ4n) is 2.56. The van der Waals surface area contributed by atoms with Gasteiger partial charge < -0.3 is 10.5 Å². The van der Waals surface area contributed by atoms with Crippen molar-refractivity contribution in [2.75, 3.05) is 0 Å². The second kappa shape index (κ2) is 9.00. The van der Waals surface area contributed by atoms with Crippen LogP contribution in [0.2, 0.25) is 0 Å². The first-order valence-electron chi connectivity index (χ1n) is 8.83. The molecular weight excluding hydrogens is 304 g/mol. The second-order valence-corrected chi connectivity index (χ2v) is 7.29. The zero-order valence-corrected chi connectivity index (χ0v) is 16.3. The third kappa shape index (κ3) is 6.10. The van der Waals surface area contributed by atoms with Crippen molar-refractivity contribution in [1.82, 2.24) is 0 Å². The summed E-state index contributed by atoms with van der Waals surface area (Å²) in [5.41, 5.74) is 5.91. The topological polar surface area (TPSA) is 93.2 Å². The minimum Gasteiger partial charge on any atom is -0.460 e. The maximum atomic E-state index is 12.4. The van der Waals surface area contributed by atoms with Gasteiger partial charge in [-0.25, -0.2) is 0 Å². The highest BCUT2D eigenvalue weighted by atomic mass is 16.6. The first-order chi connectivity index (χ1) is 11.0. The van der Waals surface area contributed by atoms with E-state index in [0.29, 0.717) is 43.4 Å². The average Bonchev–Trinajstić information content (AvgIpc) is 2.47. The Balaban J connectivity index is 0.00000254. The van der Waals surface area contributed by atoms with Crippen LogP contribution in [0.4, 0.5) is 0 Å². The summed E-state index contributed by atoms with van der Waals surface area (Å²) >= 11 is 0. The molecule has 0 fully saturated rings. The number of ether oxygens (including phenoxy) is 1. The molecular formula is C19H34N2O3. The minimum atomic E-state index is -0.686. The largest absolute Gasteiger partial charge is 0.460 e. The van der Waals surface area contributed by atoms with Crippen LogP contribution in [0, 0.1) is 10.8 Å². The number of carbonyl (C=O) groups is 2. The number of hydrogen-bond acceptors (Lipinski definition) is 5. The van der Waals surface area contributed by atoms with Gasteiger partial charge in [0.15, 0.2) is 5.78 Å². The Labute approximate surface area is 146 Å². The average molecular weight is 338 g/mol. The molecule has 1 atom stereocenters. The van der Waals surface area contributed by atoms with E-state index in [4.69, 9.17) is 15.9 Å². The summed E-state index contributed by atoms with van der Waals surface area (Å²) in [6, 6.07) is 0. The van der Waals surface area contributed by atoms with Crippen molar-refractivity contribution in [2.24, 2.45) is 11.1 Å². The second-order valence-electron chi connectivity index (χ2n) is 7.29. The molecule has 0 radical (unpaired) electrons. The molecule has 3 N–H and O–H groups in total. The van der Waals surface area contributed by atoms with E-state index in [0.717, 1.165) is 0 Å². The van der Waals surface area contributed by atoms with Gasteiger partial charge in [-0.15, -0.1) is 0 Å². The van der Waals surface area contributed by atoms with E-state index in [1.54, 1.807) is 0 Å². The van der Waals surface area contributed by atoms with Crippen LogP contribution in [-0.2, 0) is 14.3 Å². The normalized spacial score (nSPS) is 20.8. The van der Waals surface area contributed by atoms with Crippen LogP contribution in [-0.4, -0.2) is 23.1 Å². The first-order valence-corrected chi connectivity index (χ1v) is 8.83. The lowest BCUT2D eigenvalue weighted by atomic mass is 9.73. The van der Waals surface area contributed by atoms with Gasteiger partial charge in [0.1, 0.15) is 11.3 Å². The molecule has 0 aromatic rings. The summed E-state index contributed by atoms with van der Waals surface area (Å²) in [6.07, 6.45) is 2.41. The van der Waals surface area contributed by atoms with Crippen molar-refractivity contribution in [1.29, 1.82) is 5.41 Å². The molecule has 138 valence electrons. The number of allylic oxidation sites excluding steroid dienone is 2. The Morgan fingerprint density at radius 1 is 1.29 bits per heavy atom. The van der Waals surface area contributed by atoms with Crippen molar-refractivity contribution in [3.8, 4) is 0 Å². The lowest BCUT2D eigenvalue weighted by molar-refractivity contribution is -0.167. The van der Waals surface area contributed by atoms with Crippen molar-refractivity contribution in [3.63, 3.8) is 0 Å². The Morgan fingerprint density at radius 2 is 1.83 bits per heavy atom.